The zero-order valence-corrected chi connectivity index (χ0v) is 30.1. The third-order valence-corrected chi connectivity index (χ3v) is 11.4. The quantitative estimate of drug-likeness (QED) is 0.165. The monoisotopic (exact) mass is 654 g/mol. The molecule has 2 aliphatic heterocycles. The molecule has 0 fully saturated rings. The Morgan fingerprint density at radius 2 is 0.939 bits per heavy atom. The van der Waals surface area contributed by atoms with Gasteiger partial charge in [0.2, 0.25) is 6.71 Å². The van der Waals surface area contributed by atoms with Crippen LogP contribution in [0, 0.1) is 0 Å². The predicted octanol–water partition coefficient (Wildman–Crippen LogP) is 11.3. The molecule has 0 aliphatic carbocycles. The molecule has 0 aromatic heterocycles. The molecule has 2 aliphatic rings. The highest BCUT2D eigenvalue weighted by Gasteiger charge is 2.37. The Morgan fingerprint density at radius 1 is 0.449 bits per heavy atom. The van der Waals surface area contributed by atoms with Crippen molar-refractivity contribution in [1.29, 1.82) is 0 Å². The predicted molar refractivity (Wildman–Crippen MR) is 213 cm³/mol. The van der Waals surface area contributed by atoms with E-state index < -0.39 is 0 Å². The van der Waals surface area contributed by atoms with Gasteiger partial charge in [0.05, 0.1) is 22.7 Å². The minimum atomic E-state index is 0.173. The Labute approximate surface area is 296 Å². The van der Waals surface area contributed by atoms with Crippen LogP contribution in [0.3, 0.4) is 0 Å². The third kappa shape index (κ3) is 5.38. The van der Waals surface area contributed by atoms with Crippen molar-refractivity contribution in [3.63, 3.8) is 0 Å². The molecule has 0 radical (unpaired) electrons. The van der Waals surface area contributed by atoms with E-state index >= 15 is 0 Å². The molecule has 0 saturated heterocycles. The first-order chi connectivity index (χ1) is 23.8. The summed E-state index contributed by atoms with van der Waals surface area (Å²) in [5.41, 5.74) is 15.8. The van der Waals surface area contributed by atoms with E-state index in [4.69, 9.17) is 0 Å². The zero-order valence-electron chi connectivity index (χ0n) is 29.3. The van der Waals surface area contributed by atoms with Gasteiger partial charge in [-0.1, -0.05) is 149 Å². The van der Waals surface area contributed by atoms with Crippen LogP contribution >= 0.6 is 11.8 Å². The minimum Gasteiger partial charge on any atom is -0.306 e. The van der Waals surface area contributed by atoms with Crippen molar-refractivity contribution in [3.05, 3.63) is 150 Å². The van der Waals surface area contributed by atoms with Crippen molar-refractivity contribution in [2.45, 2.75) is 69.1 Å². The lowest BCUT2D eigenvalue weighted by molar-refractivity contribution is 0.812. The molecule has 4 heteroatoms. The topological polar surface area (TPSA) is 6.48 Å². The fourth-order valence-corrected chi connectivity index (χ4v) is 8.99. The molecule has 0 saturated carbocycles. The van der Waals surface area contributed by atoms with Gasteiger partial charge in [-0.05, 0) is 89.0 Å². The fraction of sp³-hybridized carbons (Fsp3) is 0.200. The van der Waals surface area contributed by atoms with Gasteiger partial charge in [0.15, 0.2) is 0 Å². The Hall–Kier alpha value is -4.67. The number of hydrogen-bond donors (Lipinski definition) is 0. The highest BCUT2D eigenvalue weighted by Crippen LogP contribution is 2.54. The Balaban J connectivity index is 1.33. The second-order valence-electron chi connectivity index (χ2n) is 14.4. The summed E-state index contributed by atoms with van der Waals surface area (Å²) in [6.07, 6.45) is 0. The SMILES string of the molecule is CC(C)c1cc(C(C)C)c(B2c3ccccc3Sc3cc(N4c5ccccc5N(c5ccccc5)c5ccccc54)ccc32)c(C(C)C)c1. The average molecular weight is 655 g/mol. The van der Waals surface area contributed by atoms with Crippen LogP contribution in [0.2, 0.25) is 0 Å². The van der Waals surface area contributed by atoms with E-state index in [0.717, 1.165) is 5.69 Å². The molecule has 0 spiro atoms. The molecule has 6 aromatic carbocycles. The van der Waals surface area contributed by atoms with Gasteiger partial charge in [-0.25, -0.2) is 0 Å². The van der Waals surface area contributed by atoms with Gasteiger partial charge in [-0.3, -0.25) is 0 Å². The summed E-state index contributed by atoms with van der Waals surface area (Å²) in [6, 6.07) is 49.7. The van der Waals surface area contributed by atoms with E-state index in [1.54, 1.807) is 0 Å². The van der Waals surface area contributed by atoms with E-state index in [2.05, 4.69) is 185 Å². The Kier molecular flexibility index (Phi) is 8.16. The molecule has 0 N–H and O–H groups in total. The smallest absolute Gasteiger partial charge is 0.244 e. The Morgan fingerprint density at radius 3 is 1.49 bits per heavy atom. The van der Waals surface area contributed by atoms with Crippen LogP contribution in [-0.2, 0) is 0 Å². The van der Waals surface area contributed by atoms with E-state index in [9.17, 15) is 0 Å². The normalized spacial score (nSPS) is 13.4. The summed E-state index contributed by atoms with van der Waals surface area (Å²) in [6.45, 7) is 14.3. The van der Waals surface area contributed by atoms with Crippen LogP contribution < -0.4 is 26.2 Å². The zero-order chi connectivity index (χ0) is 33.8. The fourth-order valence-electron chi connectivity index (χ4n) is 7.82. The highest BCUT2D eigenvalue weighted by molar-refractivity contribution is 8.00. The van der Waals surface area contributed by atoms with Gasteiger partial charge in [0.1, 0.15) is 0 Å². The summed E-state index contributed by atoms with van der Waals surface area (Å²) in [5.74, 6) is 1.33. The summed E-state index contributed by atoms with van der Waals surface area (Å²) in [5, 5.41) is 0. The first-order valence-corrected chi connectivity index (χ1v) is 18.5. The molecule has 0 amide bonds. The van der Waals surface area contributed by atoms with Gasteiger partial charge in [0.25, 0.3) is 0 Å². The van der Waals surface area contributed by atoms with Crippen molar-refractivity contribution in [1.82, 2.24) is 0 Å². The standard InChI is InChI=1S/C45H43BN2S/c1-29(2)32-26-35(30(3)4)45(36(27-32)31(5)6)46-37-18-10-15-23-43(37)49-44-28-34(24-25-38(44)46)48-41-21-13-11-19-39(41)47(33-16-8-7-9-17-33)40-20-12-14-22-42(40)48/h7-31H,1-6H3. The summed E-state index contributed by atoms with van der Waals surface area (Å²) in [4.78, 5) is 7.53. The van der Waals surface area contributed by atoms with Crippen molar-refractivity contribution >= 4 is 69.0 Å². The van der Waals surface area contributed by atoms with Crippen LogP contribution in [0.4, 0.5) is 34.1 Å². The molecule has 0 bridgehead atoms. The molecule has 242 valence electrons. The second kappa shape index (κ2) is 12.7. The molecule has 2 nitrogen and oxygen atoms in total. The van der Waals surface area contributed by atoms with E-state index in [-0.39, 0.29) is 6.71 Å². The molecule has 0 atom stereocenters. The minimum absolute atomic E-state index is 0.173. The van der Waals surface area contributed by atoms with Crippen molar-refractivity contribution in [3.8, 4) is 0 Å². The number of para-hydroxylation sites is 5. The molecule has 2 heterocycles. The first-order valence-electron chi connectivity index (χ1n) is 17.7. The van der Waals surface area contributed by atoms with Gasteiger partial charge >= 0.3 is 0 Å². The molecule has 49 heavy (non-hydrogen) atoms. The average Bonchev–Trinajstić information content (AvgIpc) is 3.12. The van der Waals surface area contributed by atoms with Crippen molar-refractivity contribution in [2.75, 3.05) is 9.80 Å². The number of rotatable bonds is 6. The number of nitrogens with zero attached hydrogens (tertiary/aromatic N) is 2. The molecular weight excluding hydrogens is 611 g/mol. The Bertz CT molecular complexity index is 2090. The first kappa shape index (κ1) is 31.6. The van der Waals surface area contributed by atoms with Crippen LogP contribution in [0.25, 0.3) is 0 Å². The second-order valence-corrected chi connectivity index (χ2v) is 15.4. The lowest BCUT2D eigenvalue weighted by Crippen LogP contribution is -2.57. The van der Waals surface area contributed by atoms with Crippen LogP contribution in [0.15, 0.2) is 143 Å². The largest absolute Gasteiger partial charge is 0.306 e. The van der Waals surface area contributed by atoms with Gasteiger partial charge in [0, 0.05) is 21.2 Å². The maximum Gasteiger partial charge on any atom is 0.244 e. The maximum atomic E-state index is 2.51. The van der Waals surface area contributed by atoms with Crippen LogP contribution in [0.5, 0.6) is 0 Å². The maximum absolute atomic E-state index is 2.51. The van der Waals surface area contributed by atoms with E-state index in [1.807, 2.05) is 11.8 Å². The van der Waals surface area contributed by atoms with Gasteiger partial charge < -0.3 is 9.80 Å². The van der Waals surface area contributed by atoms with Crippen molar-refractivity contribution in [2.24, 2.45) is 0 Å². The number of benzene rings is 6. The molecule has 8 rings (SSSR count). The third-order valence-electron chi connectivity index (χ3n) is 10.2. The lowest BCUT2D eigenvalue weighted by Gasteiger charge is -2.40. The van der Waals surface area contributed by atoms with E-state index in [0.29, 0.717) is 17.8 Å². The number of fused-ring (bicyclic) bond motifs is 4. The van der Waals surface area contributed by atoms with Crippen molar-refractivity contribution < 1.29 is 0 Å². The van der Waals surface area contributed by atoms with Gasteiger partial charge in [-0.2, -0.15) is 0 Å². The van der Waals surface area contributed by atoms with Crippen LogP contribution in [0.1, 0.15) is 76.0 Å². The lowest BCUT2D eigenvalue weighted by atomic mass is 9.34. The number of hydrogen-bond acceptors (Lipinski definition) is 3. The van der Waals surface area contributed by atoms with Gasteiger partial charge in [-0.15, -0.1) is 0 Å². The summed E-state index contributed by atoms with van der Waals surface area (Å²) < 4.78 is 0. The molecule has 6 aromatic rings. The molecule has 0 unspecified atom stereocenters. The number of anilines is 6. The summed E-state index contributed by atoms with van der Waals surface area (Å²) in [7, 11) is 0. The van der Waals surface area contributed by atoms with Crippen LogP contribution in [-0.4, -0.2) is 6.71 Å². The van der Waals surface area contributed by atoms with E-state index in [1.165, 1.54) is 71.3 Å². The summed E-state index contributed by atoms with van der Waals surface area (Å²) >= 11 is 1.92. The molecular formula is C45H43BN2S. The highest BCUT2D eigenvalue weighted by atomic mass is 32.2.